The Morgan fingerprint density at radius 3 is 2.75 bits per heavy atom. The highest BCUT2D eigenvalue weighted by molar-refractivity contribution is 7.98. The fourth-order valence-electron chi connectivity index (χ4n) is 2.00. The summed E-state index contributed by atoms with van der Waals surface area (Å²) in [5.41, 5.74) is -1.06. The van der Waals surface area contributed by atoms with Crippen molar-refractivity contribution in [2.45, 2.75) is 25.4 Å². The third-order valence-corrected chi connectivity index (χ3v) is 5.50. The summed E-state index contributed by atoms with van der Waals surface area (Å²) < 4.78 is 22.7. The number of hydrogen-bond acceptors (Lipinski definition) is 5. The van der Waals surface area contributed by atoms with Crippen LogP contribution in [0.3, 0.4) is 0 Å². The topological polar surface area (TPSA) is 78.2 Å². The van der Waals surface area contributed by atoms with Gasteiger partial charge in [0, 0.05) is 0 Å². The molecule has 0 amide bonds. The van der Waals surface area contributed by atoms with E-state index in [1.807, 2.05) is 12.3 Å². The van der Waals surface area contributed by atoms with Crippen LogP contribution in [0.5, 0.6) is 0 Å². The summed E-state index contributed by atoms with van der Waals surface area (Å²) in [5, 5.41) is 19.1. The summed E-state index contributed by atoms with van der Waals surface area (Å²) in [4.78, 5) is 0. The minimum absolute atomic E-state index is 0.0279. The Kier molecular flexibility index (Phi) is 4.65. The molecular formula is C10H17NO3S2. The number of sulfone groups is 1. The van der Waals surface area contributed by atoms with Gasteiger partial charge in [0.1, 0.15) is 0 Å². The normalized spacial score (nSPS) is 29.8. The van der Waals surface area contributed by atoms with Crippen molar-refractivity contribution in [3.05, 3.63) is 0 Å². The summed E-state index contributed by atoms with van der Waals surface area (Å²) in [6, 6.07) is 2.02. The average Bonchev–Trinajstić information content (AvgIpc) is 2.56. The minimum Gasteiger partial charge on any atom is -0.391 e. The van der Waals surface area contributed by atoms with E-state index in [9.17, 15) is 13.5 Å². The molecule has 0 radical (unpaired) electrons. The average molecular weight is 263 g/mol. The highest BCUT2D eigenvalue weighted by atomic mass is 32.2. The molecule has 0 bridgehead atoms. The van der Waals surface area contributed by atoms with Crippen LogP contribution >= 0.6 is 11.8 Å². The lowest BCUT2D eigenvalue weighted by atomic mass is 9.81. The molecule has 16 heavy (non-hydrogen) atoms. The van der Waals surface area contributed by atoms with Gasteiger partial charge in [0.25, 0.3) is 0 Å². The maximum atomic E-state index is 11.4. The number of rotatable bonds is 5. The van der Waals surface area contributed by atoms with Crippen molar-refractivity contribution in [2.75, 3.05) is 23.5 Å². The molecule has 2 unspecified atom stereocenters. The largest absolute Gasteiger partial charge is 0.391 e. The van der Waals surface area contributed by atoms with Crippen LogP contribution in [0.25, 0.3) is 0 Å². The first-order valence-corrected chi connectivity index (χ1v) is 8.46. The Balaban J connectivity index is 2.65. The van der Waals surface area contributed by atoms with Crippen LogP contribution < -0.4 is 0 Å². The van der Waals surface area contributed by atoms with Crippen molar-refractivity contribution in [1.29, 1.82) is 5.26 Å². The first-order chi connectivity index (χ1) is 7.46. The fourth-order valence-corrected chi connectivity index (χ4v) is 4.46. The van der Waals surface area contributed by atoms with Crippen LogP contribution in [0.15, 0.2) is 0 Å². The van der Waals surface area contributed by atoms with Crippen molar-refractivity contribution in [1.82, 2.24) is 0 Å². The van der Waals surface area contributed by atoms with Crippen molar-refractivity contribution < 1.29 is 13.5 Å². The molecular weight excluding hydrogens is 246 g/mol. The first kappa shape index (κ1) is 13.8. The molecule has 0 aromatic rings. The number of hydrogen-bond donors (Lipinski definition) is 1. The monoisotopic (exact) mass is 263 g/mol. The second kappa shape index (κ2) is 5.39. The van der Waals surface area contributed by atoms with E-state index in [2.05, 4.69) is 0 Å². The Bertz CT molecular complexity index is 374. The van der Waals surface area contributed by atoms with Crippen LogP contribution in [0.1, 0.15) is 19.3 Å². The van der Waals surface area contributed by atoms with Crippen LogP contribution in [-0.2, 0) is 9.84 Å². The number of aliphatic hydroxyl groups is 1. The van der Waals surface area contributed by atoms with Gasteiger partial charge in [0.2, 0.25) is 0 Å². The third kappa shape index (κ3) is 3.12. The van der Waals surface area contributed by atoms with E-state index < -0.39 is 21.4 Å². The third-order valence-electron chi connectivity index (χ3n) is 3.02. The molecule has 1 rings (SSSR count). The summed E-state index contributed by atoms with van der Waals surface area (Å²) in [6.45, 7) is 0. The van der Waals surface area contributed by atoms with Gasteiger partial charge in [-0.3, -0.25) is 0 Å². The van der Waals surface area contributed by atoms with Gasteiger partial charge < -0.3 is 5.11 Å². The Morgan fingerprint density at radius 2 is 2.31 bits per heavy atom. The zero-order valence-corrected chi connectivity index (χ0v) is 11.0. The highest BCUT2D eigenvalue weighted by Crippen LogP contribution is 2.36. The van der Waals surface area contributed by atoms with E-state index >= 15 is 0 Å². The predicted octanol–water partition coefficient (Wildman–Crippen LogP) is 0.819. The molecule has 1 heterocycles. The van der Waals surface area contributed by atoms with Gasteiger partial charge in [0.05, 0.1) is 29.1 Å². The van der Waals surface area contributed by atoms with Gasteiger partial charge >= 0.3 is 0 Å². The van der Waals surface area contributed by atoms with E-state index in [-0.39, 0.29) is 17.9 Å². The zero-order chi connectivity index (χ0) is 12.2. The lowest BCUT2D eigenvalue weighted by molar-refractivity contribution is 0.0711. The summed E-state index contributed by atoms with van der Waals surface area (Å²) in [6.07, 6.45) is 2.75. The quantitative estimate of drug-likeness (QED) is 0.743. The van der Waals surface area contributed by atoms with E-state index in [0.29, 0.717) is 6.42 Å². The van der Waals surface area contributed by atoms with E-state index in [0.717, 1.165) is 12.2 Å². The molecule has 6 heteroatoms. The lowest BCUT2D eigenvalue weighted by Crippen LogP contribution is -2.35. The molecule has 1 N–H and O–H groups in total. The van der Waals surface area contributed by atoms with Crippen LogP contribution in [0.2, 0.25) is 0 Å². The van der Waals surface area contributed by atoms with Gasteiger partial charge in [-0.1, -0.05) is 0 Å². The van der Waals surface area contributed by atoms with Gasteiger partial charge in [-0.2, -0.15) is 17.0 Å². The standard InChI is InChI=1S/C10H17NO3S2/c1-15-5-2-3-9(12)10(7-11)4-6-16(13,14)8-10/h9,12H,2-6,8H2,1H3. The maximum Gasteiger partial charge on any atom is 0.152 e. The second-order valence-electron chi connectivity index (χ2n) is 4.26. The molecule has 0 aromatic carbocycles. The Labute approximate surface area is 101 Å². The van der Waals surface area contributed by atoms with Crippen LogP contribution in [-0.4, -0.2) is 43.1 Å². The fraction of sp³-hybridized carbons (Fsp3) is 0.900. The molecule has 1 saturated heterocycles. The molecule has 1 fully saturated rings. The Morgan fingerprint density at radius 1 is 1.62 bits per heavy atom. The number of thioether (sulfide) groups is 1. The number of nitrogens with zero attached hydrogens (tertiary/aromatic N) is 1. The molecule has 2 atom stereocenters. The molecule has 92 valence electrons. The zero-order valence-electron chi connectivity index (χ0n) is 9.35. The molecule has 0 spiro atoms. The smallest absolute Gasteiger partial charge is 0.152 e. The van der Waals surface area contributed by atoms with Gasteiger partial charge in [-0.15, -0.1) is 0 Å². The molecule has 0 aliphatic carbocycles. The molecule has 1 aliphatic heterocycles. The van der Waals surface area contributed by atoms with Gasteiger partial charge in [0.15, 0.2) is 9.84 Å². The summed E-state index contributed by atoms with van der Waals surface area (Å²) in [5.74, 6) is 0.766. The van der Waals surface area contributed by atoms with E-state index in [1.54, 1.807) is 11.8 Å². The second-order valence-corrected chi connectivity index (χ2v) is 7.43. The minimum atomic E-state index is -3.13. The van der Waals surface area contributed by atoms with Crippen molar-refractivity contribution in [3.63, 3.8) is 0 Å². The highest BCUT2D eigenvalue weighted by Gasteiger charge is 2.47. The van der Waals surface area contributed by atoms with Crippen LogP contribution in [0, 0.1) is 16.7 Å². The summed E-state index contributed by atoms with van der Waals surface area (Å²) in [7, 11) is -3.13. The SMILES string of the molecule is CSCCCC(O)C1(C#N)CCS(=O)(=O)C1. The maximum absolute atomic E-state index is 11.4. The lowest BCUT2D eigenvalue weighted by Gasteiger charge is -2.25. The van der Waals surface area contributed by atoms with E-state index in [1.165, 1.54) is 0 Å². The number of aliphatic hydroxyl groups excluding tert-OH is 1. The van der Waals surface area contributed by atoms with E-state index in [4.69, 9.17) is 5.26 Å². The molecule has 0 saturated carbocycles. The van der Waals surface area contributed by atoms with Crippen molar-refractivity contribution >= 4 is 21.6 Å². The summed E-state index contributed by atoms with van der Waals surface area (Å²) >= 11 is 1.68. The first-order valence-electron chi connectivity index (χ1n) is 5.24. The Hall–Kier alpha value is -0.250. The van der Waals surface area contributed by atoms with Gasteiger partial charge in [-0.05, 0) is 31.3 Å². The van der Waals surface area contributed by atoms with Crippen LogP contribution in [0.4, 0.5) is 0 Å². The van der Waals surface area contributed by atoms with Crippen molar-refractivity contribution in [3.8, 4) is 6.07 Å². The molecule has 1 aliphatic rings. The number of nitriles is 1. The predicted molar refractivity (Wildman–Crippen MR) is 64.9 cm³/mol. The van der Waals surface area contributed by atoms with Crippen molar-refractivity contribution in [2.24, 2.45) is 5.41 Å². The molecule has 0 aromatic heterocycles. The van der Waals surface area contributed by atoms with Gasteiger partial charge in [-0.25, -0.2) is 8.42 Å². The molecule has 4 nitrogen and oxygen atoms in total.